The maximum absolute atomic E-state index is 10.0. The van der Waals surface area contributed by atoms with E-state index in [0.717, 1.165) is 0 Å². The average Bonchev–Trinajstić information content (AvgIpc) is 2.44. The Bertz CT molecular complexity index is 364. The summed E-state index contributed by atoms with van der Waals surface area (Å²) >= 11 is 0. The Morgan fingerprint density at radius 2 is 1.86 bits per heavy atom. The first kappa shape index (κ1) is 18.1. The lowest BCUT2D eigenvalue weighted by Gasteiger charge is -2.43. The number of aliphatic hydroxyl groups is 4. The van der Waals surface area contributed by atoms with E-state index in [4.69, 9.17) is 14.2 Å². The second-order valence-corrected chi connectivity index (χ2v) is 6.80. The molecular formula is C15H28O7. The molecule has 0 aromatic rings. The Hall–Kier alpha value is -0.280. The zero-order chi connectivity index (χ0) is 16.5. The Balaban J connectivity index is 1.91. The van der Waals surface area contributed by atoms with E-state index >= 15 is 0 Å². The normalized spacial score (nSPS) is 46.9. The van der Waals surface area contributed by atoms with E-state index < -0.39 is 36.3 Å². The first-order valence-corrected chi connectivity index (χ1v) is 7.88. The van der Waals surface area contributed by atoms with Gasteiger partial charge in [0, 0.05) is 12.8 Å². The summed E-state index contributed by atoms with van der Waals surface area (Å²) in [6.45, 7) is 5.70. The molecule has 2 aliphatic rings. The lowest BCUT2D eigenvalue weighted by molar-refractivity contribution is -0.317. The van der Waals surface area contributed by atoms with Gasteiger partial charge >= 0.3 is 0 Å². The molecule has 0 aromatic heterocycles. The van der Waals surface area contributed by atoms with Crippen LogP contribution in [0.15, 0.2) is 0 Å². The van der Waals surface area contributed by atoms with Crippen LogP contribution in [0.1, 0.15) is 33.6 Å². The van der Waals surface area contributed by atoms with Gasteiger partial charge in [-0.25, -0.2) is 0 Å². The predicted molar refractivity (Wildman–Crippen MR) is 77.1 cm³/mol. The van der Waals surface area contributed by atoms with Crippen molar-refractivity contribution in [2.75, 3.05) is 13.2 Å². The van der Waals surface area contributed by atoms with E-state index in [0.29, 0.717) is 0 Å². The van der Waals surface area contributed by atoms with Crippen LogP contribution in [0.4, 0.5) is 0 Å². The number of ether oxygens (including phenoxy) is 3. The number of hydrogen-bond donors (Lipinski definition) is 4. The van der Waals surface area contributed by atoms with E-state index in [9.17, 15) is 20.4 Å². The summed E-state index contributed by atoms with van der Waals surface area (Å²) in [7, 11) is 0. The highest BCUT2D eigenvalue weighted by atomic mass is 16.7. The molecule has 0 saturated carbocycles. The zero-order valence-electron chi connectivity index (χ0n) is 13.4. The van der Waals surface area contributed by atoms with Gasteiger partial charge in [-0.3, -0.25) is 0 Å². The highest BCUT2D eigenvalue weighted by Gasteiger charge is 2.43. The first-order valence-electron chi connectivity index (χ1n) is 7.88. The molecule has 2 saturated heterocycles. The van der Waals surface area contributed by atoms with Gasteiger partial charge in [0.2, 0.25) is 0 Å². The molecule has 4 N–H and O–H groups in total. The molecule has 0 bridgehead atoms. The van der Waals surface area contributed by atoms with Crippen molar-refractivity contribution in [3.63, 3.8) is 0 Å². The van der Waals surface area contributed by atoms with Gasteiger partial charge in [0.25, 0.3) is 0 Å². The van der Waals surface area contributed by atoms with Crippen molar-refractivity contribution in [3.05, 3.63) is 0 Å². The minimum absolute atomic E-state index is 0.0645. The molecule has 7 atom stereocenters. The molecule has 0 spiro atoms. The molecular weight excluding hydrogens is 292 g/mol. The Morgan fingerprint density at radius 3 is 2.45 bits per heavy atom. The van der Waals surface area contributed by atoms with Crippen molar-refractivity contribution in [3.8, 4) is 0 Å². The summed E-state index contributed by atoms with van der Waals surface area (Å²) in [6.07, 6.45) is -3.78. The van der Waals surface area contributed by atoms with E-state index in [1.54, 1.807) is 6.92 Å². The van der Waals surface area contributed by atoms with E-state index in [1.807, 2.05) is 13.8 Å². The van der Waals surface area contributed by atoms with Crippen molar-refractivity contribution in [1.29, 1.82) is 0 Å². The van der Waals surface area contributed by atoms with Crippen molar-refractivity contribution in [2.24, 2.45) is 5.92 Å². The van der Waals surface area contributed by atoms with Gasteiger partial charge in [0.1, 0.15) is 12.2 Å². The van der Waals surface area contributed by atoms with Crippen LogP contribution in [0, 0.1) is 5.92 Å². The van der Waals surface area contributed by atoms with Crippen LogP contribution < -0.4 is 0 Å². The van der Waals surface area contributed by atoms with Crippen molar-refractivity contribution in [1.82, 2.24) is 0 Å². The third-order valence-electron chi connectivity index (χ3n) is 4.46. The van der Waals surface area contributed by atoms with Crippen LogP contribution in [-0.2, 0) is 14.2 Å². The highest BCUT2D eigenvalue weighted by molar-refractivity contribution is 4.88. The third kappa shape index (κ3) is 3.97. The van der Waals surface area contributed by atoms with Gasteiger partial charge in [-0.1, -0.05) is 13.8 Å². The minimum Gasteiger partial charge on any atom is -0.391 e. The molecule has 7 nitrogen and oxygen atoms in total. The SMILES string of the molecule is CC(C)C1O[C@H](CO[C@]2(C)OC[C@@H](O)C[C@H]2O)C[C@H](O)[C@H]1O. The van der Waals surface area contributed by atoms with Gasteiger partial charge < -0.3 is 34.6 Å². The zero-order valence-corrected chi connectivity index (χ0v) is 13.4. The van der Waals surface area contributed by atoms with Gasteiger partial charge in [0.15, 0.2) is 5.79 Å². The van der Waals surface area contributed by atoms with E-state index in [2.05, 4.69) is 0 Å². The fourth-order valence-corrected chi connectivity index (χ4v) is 2.94. The molecule has 7 heteroatoms. The van der Waals surface area contributed by atoms with Crippen molar-refractivity contribution in [2.45, 2.75) is 76.0 Å². The number of rotatable bonds is 4. The third-order valence-corrected chi connectivity index (χ3v) is 4.46. The molecule has 2 aliphatic heterocycles. The summed E-state index contributed by atoms with van der Waals surface area (Å²) in [4.78, 5) is 0. The second-order valence-electron chi connectivity index (χ2n) is 6.80. The molecule has 2 heterocycles. The van der Waals surface area contributed by atoms with Crippen LogP contribution in [0.25, 0.3) is 0 Å². The second kappa shape index (κ2) is 7.09. The lowest BCUT2D eigenvalue weighted by atomic mass is 9.91. The van der Waals surface area contributed by atoms with E-state index in [-0.39, 0.29) is 38.1 Å². The maximum Gasteiger partial charge on any atom is 0.191 e. The first-order chi connectivity index (χ1) is 10.2. The van der Waals surface area contributed by atoms with Crippen LogP contribution in [-0.4, -0.2) is 76.1 Å². The molecule has 22 heavy (non-hydrogen) atoms. The summed E-state index contributed by atoms with van der Waals surface area (Å²) in [5.74, 6) is -1.13. The molecule has 0 aromatic carbocycles. The van der Waals surface area contributed by atoms with Gasteiger partial charge in [-0.2, -0.15) is 0 Å². The molecule has 2 rings (SSSR count). The molecule has 0 aliphatic carbocycles. The maximum atomic E-state index is 10.0. The standard InChI is InChI=1S/C15H28O7/c1-8(2)14-13(19)11(17)5-10(22-14)7-21-15(3)12(18)4-9(16)6-20-15/h8-14,16-19H,4-7H2,1-3H3/t9-,10-,11-,12+,13+,14?,15-/m0/s1. The molecule has 0 radical (unpaired) electrons. The van der Waals surface area contributed by atoms with Crippen molar-refractivity contribution >= 4 is 0 Å². The number of hydrogen-bond acceptors (Lipinski definition) is 7. The number of aliphatic hydroxyl groups excluding tert-OH is 4. The minimum atomic E-state index is -1.20. The summed E-state index contributed by atoms with van der Waals surface area (Å²) in [5.41, 5.74) is 0. The topological polar surface area (TPSA) is 109 Å². The quantitative estimate of drug-likeness (QED) is 0.547. The summed E-state index contributed by atoms with van der Waals surface area (Å²) in [5, 5.41) is 39.4. The molecule has 2 fully saturated rings. The average molecular weight is 320 g/mol. The monoisotopic (exact) mass is 320 g/mol. The largest absolute Gasteiger partial charge is 0.391 e. The fourth-order valence-electron chi connectivity index (χ4n) is 2.94. The van der Waals surface area contributed by atoms with Crippen LogP contribution in [0.3, 0.4) is 0 Å². The van der Waals surface area contributed by atoms with E-state index in [1.165, 1.54) is 0 Å². The van der Waals surface area contributed by atoms with Gasteiger partial charge in [-0.05, 0) is 12.8 Å². The smallest absolute Gasteiger partial charge is 0.191 e. The summed E-state index contributed by atoms with van der Waals surface area (Å²) < 4.78 is 16.9. The Labute approximate surface area is 130 Å². The van der Waals surface area contributed by atoms with Crippen molar-refractivity contribution < 1.29 is 34.6 Å². The van der Waals surface area contributed by atoms with Gasteiger partial charge in [0.05, 0.1) is 37.6 Å². The Kier molecular flexibility index (Phi) is 5.82. The molecule has 0 amide bonds. The van der Waals surface area contributed by atoms with Crippen LogP contribution >= 0.6 is 0 Å². The van der Waals surface area contributed by atoms with Crippen LogP contribution in [0.5, 0.6) is 0 Å². The highest BCUT2D eigenvalue weighted by Crippen LogP contribution is 2.30. The Morgan fingerprint density at radius 1 is 1.18 bits per heavy atom. The fraction of sp³-hybridized carbons (Fsp3) is 1.00. The summed E-state index contributed by atoms with van der Waals surface area (Å²) in [6, 6.07) is 0. The molecule has 1 unspecified atom stereocenters. The predicted octanol–water partition coefficient (Wildman–Crippen LogP) is -0.603. The lowest BCUT2D eigenvalue weighted by Crippen LogP contribution is -2.55. The van der Waals surface area contributed by atoms with Crippen LogP contribution in [0.2, 0.25) is 0 Å². The van der Waals surface area contributed by atoms with Gasteiger partial charge in [-0.15, -0.1) is 0 Å². The molecule has 130 valence electrons.